The number of carbonyl (C=O) groups is 1. The molecule has 0 amide bonds. The minimum absolute atomic E-state index is 0. The number of nitrogens with zero attached hydrogens (tertiary/aromatic N) is 1. The van der Waals surface area contributed by atoms with Gasteiger partial charge >= 0.3 is 5.97 Å². The van der Waals surface area contributed by atoms with Crippen molar-refractivity contribution in [2.24, 2.45) is 0 Å². The van der Waals surface area contributed by atoms with Gasteiger partial charge in [0.25, 0.3) is 0 Å². The lowest BCUT2D eigenvalue weighted by molar-refractivity contribution is -0.139. The van der Waals surface area contributed by atoms with Gasteiger partial charge in [-0.25, -0.2) is 0 Å². The van der Waals surface area contributed by atoms with Crippen LogP contribution < -0.4 is 5.32 Å². The number of carboxylic acid groups (broad SMARTS) is 1. The number of aromatic nitrogens is 1. The first-order chi connectivity index (χ1) is 10.1. The van der Waals surface area contributed by atoms with Crippen LogP contribution in [0.5, 0.6) is 0 Å². The largest absolute Gasteiger partial charge is 0.480 e. The van der Waals surface area contributed by atoms with E-state index in [0.717, 1.165) is 17.7 Å². The Balaban J connectivity index is 0.00000242. The molecule has 1 heterocycles. The van der Waals surface area contributed by atoms with Gasteiger partial charge in [0, 0.05) is 11.6 Å². The Kier molecular flexibility index (Phi) is 7.08. The fourth-order valence-corrected chi connectivity index (χ4v) is 2.08. The zero-order chi connectivity index (χ0) is 15.2. The van der Waals surface area contributed by atoms with Crippen LogP contribution in [0.15, 0.2) is 34.9 Å². The van der Waals surface area contributed by atoms with Gasteiger partial charge in [-0.05, 0) is 13.3 Å². The molecule has 2 aromatic rings. The first-order valence-electron chi connectivity index (χ1n) is 7.09. The van der Waals surface area contributed by atoms with Crippen LogP contribution in [0.2, 0.25) is 0 Å². The van der Waals surface area contributed by atoms with Gasteiger partial charge < -0.3 is 9.63 Å². The molecule has 0 spiro atoms. The summed E-state index contributed by atoms with van der Waals surface area (Å²) in [6, 6.07) is 9.29. The van der Waals surface area contributed by atoms with Crippen LogP contribution in [-0.4, -0.2) is 22.3 Å². The van der Waals surface area contributed by atoms with E-state index >= 15 is 0 Å². The molecule has 120 valence electrons. The van der Waals surface area contributed by atoms with Crippen molar-refractivity contribution >= 4 is 18.4 Å². The molecule has 1 atom stereocenters. The Morgan fingerprint density at radius 2 is 2.05 bits per heavy atom. The fraction of sp³-hybridized carbons (Fsp3) is 0.375. The molecular formula is C16H21ClN2O3. The van der Waals surface area contributed by atoms with Crippen LogP contribution in [0.25, 0.3) is 11.3 Å². The number of hydrogen-bond acceptors (Lipinski definition) is 4. The summed E-state index contributed by atoms with van der Waals surface area (Å²) in [6.45, 7) is 4.35. The van der Waals surface area contributed by atoms with E-state index in [1.165, 1.54) is 5.56 Å². The van der Waals surface area contributed by atoms with Gasteiger partial charge in [0.2, 0.25) is 0 Å². The Hall–Kier alpha value is -1.85. The third kappa shape index (κ3) is 4.86. The van der Waals surface area contributed by atoms with E-state index in [1.54, 1.807) is 0 Å². The van der Waals surface area contributed by atoms with Crippen molar-refractivity contribution < 1.29 is 14.4 Å². The van der Waals surface area contributed by atoms with Gasteiger partial charge in [-0.15, -0.1) is 12.4 Å². The highest BCUT2D eigenvalue weighted by Crippen LogP contribution is 2.19. The molecule has 6 heteroatoms. The number of rotatable bonds is 7. The highest BCUT2D eigenvalue weighted by atomic mass is 35.5. The van der Waals surface area contributed by atoms with Gasteiger partial charge in [-0.3, -0.25) is 10.1 Å². The second-order valence-corrected chi connectivity index (χ2v) is 5.10. The van der Waals surface area contributed by atoms with Crippen molar-refractivity contribution in [3.8, 4) is 11.3 Å². The van der Waals surface area contributed by atoms with E-state index < -0.39 is 12.0 Å². The molecule has 0 aliphatic heterocycles. The number of halogens is 1. The summed E-state index contributed by atoms with van der Waals surface area (Å²) in [6.07, 6.45) is 1.41. The maximum atomic E-state index is 11.1. The number of aliphatic carboxylic acids is 1. The lowest BCUT2D eigenvalue weighted by atomic mass is 10.1. The van der Waals surface area contributed by atoms with Crippen LogP contribution >= 0.6 is 12.4 Å². The molecule has 0 aliphatic carbocycles. The third-order valence-corrected chi connectivity index (χ3v) is 3.30. The van der Waals surface area contributed by atoms with E-state index in [9.17, 15) is 4.79 Å². The van der Waals surface area contributed by atoms with Gasteiger partial charge in [0.1, 0.15) is 11.7 Å². The number of aryl methyl sites for hydroxylation is 1. The zero-order valence-corrected chi connectivity index (χ0v) is 13.5. The molecule has 1 aromatic carbocycles. The lowest BCUT2D eigenvalue weighted by Gasteiger charge is -2.11. The Morgan fingerprint density at radius 1 is 1.36 bits per heavy atom. The van der Waals surface area contributed by atoms with Crippen LogP contribution in [0.1, 0.15) is 31.1 Å². The molecule has 2 rings (SSSR count). The monoisotopic (exact) mass is 324 g/mol. The van der Waals surface area contributed by atoms with Crippen LogP contribution in [0.4, 0.5) is 0 Å². The zero-order valence-electron chi connectivity index (χ0n) is 12.7. The number of hydrogen-bond donors (Lipinski definition) is 2. The molecule has 2 N–H and O–H groups in total. The second kappa shape index (κ2) is 8.56. The molecule has 0 radical (unpaired) electrons. The van der Waals surface area contributed by atoms with Gasteiger partial charge in [-0.1, -0.05) is 48.3 Å². The third-order valence-electron chi connectivity index (χ3n) is 3.30. The molecule has 22 heavy (non-hydrogen) atoms. The number of carboxylic acids is 1. The summed E-state index contributed by atoms with van der Waals surface area (Å²) in [5.41, 5.74) is 2.93. The van der Waals surface area contributed by atoms with Gasteiger partial charge in [0.05, 0.1) is 6.54 Å². The summed E-state index contributed by atoms with van der Waals surface area (Å²) in [4.78, 5) is 11.1. The van der Waals surface area contributed by atoms with Gasteiger partial charge in [-0.2, -0.15) is 0 Å². The minimum atomic E-state index is -0.838. The van der Waals surface area contributed by atoms with Crippen molar-refractivity contribution in [3.63, 3.8) is 0 Å². The summed E-state index contributed by atoms with van der Waals surface area (Å²) >= 11 is 0. The van der Waals surface area contributed by atoms with Crippen LogP contribution in [0, 0.1) is 6.92 Å². The van der Waals surface area contributed by atoms with Gasteiger partial charge in [0.15, 0.2) is 5.76 Å². The molecule has 1 aromatic heterocycles. The SMILES string of the molecule is CCCC(NCc1cc(-c2ccc(C)cc2)no1)C(=O)O.Cl. The predicted molar refractivity (Wildman–Crippen MR) is 87.1 cm³/mol. The Bertz CT molecular complexity index is 596. The summed E-state index contributed by atoms with van der Waals surface area (Å²) in [5, 5.41) is 16.1. The normalized spacial score (nSPS) is 11.7. The predicted octanol–water partition coefficient (Wildman–Crippen LogP) is 3.41. The molecular weight excluding hydrogens is 304 g/mol. The van der Waals surface area contributed by atoms with Crippen molar-refractivity contribution in [2.45, 2.75) is 39.3 Å². The van der Waals surface area contributed by atoms with E-state index in [1.807, 2.05) is 44.2 Å². The summed E-state index contributed by atoms with van der Waals surface area (Å²) < 4.78 is 5.25. The van der Waals surface area contributed by atoms with Crippen molar-refractivity contribution in [3.05, 3.63) is 41.7 Å². The average Bonchev–Trinajstić information content (AvgIpc) is 2.92. The fourth-order valence-electron chi connectivity index (χ4n) is 2.08. The topological polar surface area (TPSA) is 75.4 Å². The molecule has 1 unspecified atom stereocenters. The number of nitrogens with one attached hydrogen (secondary N) is 1. The van der Waals surface area contributed by atoms with Crippen molar-refractivity contribution in [1.82, 2.24) is 10.5 Å². The lowest BCUT2D eigenvalue weighted by Crippen LogP contribution is -2.35. The second-order valence-electron chi connectivity index (χ2n) is 5.10. The molecule has 0 saturated carbocycles. The van der Waals surface area contributed by atoms with E-state index in [4.69, 9.17) is 9.63 Å². The standard InChI is InChI=1S/C16H20N2O3.ClH/c1-3-4-14(16(19)20)17-10-13-9-15(18-21-13)12-7-5-11(2)6-8-12;/h5-9,14,17H,3-4,10H2,1-2H3,(H,19,20);1H. The molecule has 5 nitrogen and oxygen atoms in total. The molecule has 0 aliphatic rings. The minimum Gasteiger partial charge on any atom is -0.480 e. The van der Waals surface area contributed by atoms with Crippen LogP contribution in [-0.2, 0) is 11.3 Å². The summed E-state index contributed by atoms with van der Waals surface area (Å²) in [7, 11) is 0. The maximum Gasteiger partial charge on any atom is 0.320 e. The Labute approximate surface area is 136 Å². The van der Waals surface area contributed by atoms with E-state index in [-0.39, 0.29) is 12.4 Å². The van der Waals surface area contributed by atoms with Crippen molar-refractivity contribution in [1.29, 1.82) is 0 Å². The summed E-state index contributed by atoms with van der Waals surface area (Å²) in [5.74, 6) is -0.206. The van der Waals surface area contributed by atoms with E-state index in [2.05, 4.69) is 10.5 Å². The van der Waals surface area contributed by atoms with Crippen LogP contribution in [0.3, 0.4) is 0 Å². The highest BCUT2D eigenvalue weighted by Gasteiger charge is 2.16. The number of benzene rings is 1. The maximum absolute atomic E-state index is 11.1. The molecule has 0 saturated heterocycles. The van der Waals surface area contributed by atoms with Crippen molar-refractivity contribution in [2.75, 3.05) is 0 Å². The first-order valence-corrected chi connectivity index (χ1v) is 7.09. The quantitative estimate of drug-likeness (QED) is 0.816. The average molecular weight is 325 g/mol. The highest BCUT2D eigenvalue weighted by molar-refractivity contribution is 5.85. The smallest absolute Gasteiger partial charge is 0.320 e. The Morgan fingerprint density at radius 3 is 2.64 bits per heavy atom. The molecule has 0 bridgehead atoms. The van der Waals surface area contributed by atoms with E-state index in [0.29, 0.717) is 18.7 Å². The molecule has 0 fully saturated rings. The first kappa shape index (κ1) is 18.2.